The highest BCUT2D eigenvalue weighted by atomic mass is 19.4. The summed E-state index contributed by atoms with van der Waals surface area (Å²) in [7, 11) is 2.17. The molecule has 0 spiro atoms. The van der Waals surface area contributed by atoms with Crippen molar-refractivity contribution in [2.24, 2.45) is 5.92 Å². The molecule has 1 aromatic carbocycles. The predicted octanol–water partition coefficient (Wildman–Crippen LogP) is 6.05. The number of aromatic amines is 1. The molecule has 0 amide bonds. The third-order valence-corrected chi connectivity index (χ3v) is 6.14. The molecule has 1 fully saturated rings. The summed E-state index contributed by atoms with van der Waals surface area (Å²) in [4.78, 5) is 13.3. The first-order valence-corrected chi connectivity index (χ1v) is 11.4. The molecule has 1 aliphatic heterocycles. The number of ether oxygens (including phenoxy) is 1. The standard InChI is InChI=1S/C25H29F3N4O/c1-32-14-11-18(12-15-32)7-5-6-16-33-21-17-20(10-13-29-21)24-30-22(19-8-3-2-4-9-19)23(31-24)25(26,27)28/h2-4,8-10,13,17-18H,5-7,11-12,14-16H2,1H3,(H,30,31). The van der Waals surface area contributed by atoms with Gasteiger partial charge in [0.05, 0.1) is 6.61 Å². The Hall–Kier alpha value is -2.87. The molecule has 176 valence electrons. The zero-order valence-corrected chi connectivity index (χ0v) is 18.7. The van der Waals surface area contributed by atoms with E-state index in [1.165, 1.54) is 38.5 Å². The van der Waals surface area contributed by atoms with Crippen molar-refractivity contribution < 1.29 is 17.9 Å². The smallest absolute Gasteiger partial charge is 0.433 e. The largest absolute Gasteiger partial charge is 0.478 e. The van der Waals surface area contributed by atoms with E-state index in [4.69, 9.17) is 4.74 Å². The minimum absolute atomic E-state index is 0.119. The SMILES string of the molecule is CN1CCC(CCCCOc2cc(-c3nc(-c4ccccc4)c(C(F)(F)F)[nH]3)ccn2)CC1. The number of alkyl halides is 3. The Balaban J connectivity index is 1.39. The van der Waals surface area contributed by atoms with Crippen LogP contribution in [0.2, 0.25) is 0 Å². The van der Waals surface area contributed by atoms with Crippen LogP contribution in [0.3, 0.4) is 0 Å². The predicted molar refractivity (Wildman–Crippen MR) is 122 cm³/mol. The minimum Gasteiger partial charge on any atom is -0.478 e. The Bertz CT molecular complexity index is 1030. The van der Waals surface area contributed by atoms with E-state index < -0.39 is 11.9 Å². The van der Waals surface area contributed by atoms with Gasteiger partial charge in [0, 0.05) is 23.4 Å². The quantitative estimate of drug-likeness (QED) is 0.418. The van der Waals surface area contributed by atoms with Crippen molar-refractivity contribution in [1.29, 1.82) is 0 Å². The molecule has 0 bridgehead atoms. The lowest BCUT2D eigenvalue weighted by atomic mass is 9.92. The fraction of sp³-hybridized carbons (Fsp3) is 0.440. The van der Waals surface area contributed by atoms with Crippen LogP contribution >= 0.6 is 0 Å². The second-order valence-electron chi connectivity index (χ2n) is 8.65. The lowest BCUT2D eigenvalue weighted by molar-refractivity contribution is -0.140. The minimum atomic E-state index is -4.55. The average molecular weight is 459 g/mol. The Kier molecular flexibility index (Phi) is 7.33. The molecule has 3 heterocycles. The molecule has 8 heteroatoms. The average Bonchev–Trinajstić information content (AvgIpc) is 3.27. The molecule has 1 saturated heterocycles. The van der Waals surface area contributed by atoms with Gasteiger partial charge in [-0.05, 0) is 57.8 Å². The Morgan fingerprint density at radius 1 is 1.06 bits per heavy atom. The molecule has 0 saturated carbocycles. The lowest BCUT2D eigenvalue weighted by Gasteiger charge is -2.28. The first-order chi connectivity index (χ1) is 15.9. The van der Waals surface area contributed by atoms with Crippen LogP contribution in [0.25, 0.3) is 22.6 Å². The third-order valence-electron chi connectivity index (χ3n) is 6.14. The summed E-state index contributed by atoms with van der Waals surface area (Å²) in [6.45, 7) is 2.88. The van der Waals surface area contributed by atoms with Crippen LogP contribution < -0.4 is 4.74 Å². The molecule has 1 N–H and O–H groups in total. The molecule has 5 nitrogen and oxygen atoms in total. The van der Waals surface area contributed by atoms with E-state index in [1.807, 2.05) is 0 Å². The summed E-state index contributed by atoms with van der Waals surface area (Å²) in [6, 6.07) is 11.6. The topological polar surface area (TPSA) is 54.0 Å². The van der Waals surface area contributed by atoms with Crippen LogP contribution in [0.1, 0.15) is 37.8 Å². The molecule has 0 radical (unpaired) electrons. The number of H-pyrrole nitrogens is 1. The van der Waals surface area contributed by atoms with E-state index in [0.717, 1.165) is 18.8 Å². The highest BCUT2D eigenvalue weighted by Crippen LogP contribution is 2.37. The molecule has 33 heavy (non-hydrogen) atoms. The number of nitrogens with zero attached hydrogens (tertiary/aromatic N) is 3. The van der Waals surface area contributed by atoms with Crippen molar-refractivity contribution in [3.05, 3.63) is 54.4 Å². The molecular formula is C25H29F3N4O. The fourth-order valence-electron chi connectivity index (χ4n) is 4.22. The van der Waals surface area contributed by atoms with Crippen LogP contribution in [-0.4, -0.2) is 46.6 Å². The molecule has 0 atom stereocenters. The second kappa shape index (κ2) is 10.4. The number of hydrogen-bond donors (Lipinski definition) is 1. The molecule has 4 rings (SSSR count). The van der Waals surface area contributed by atoms with Gasteiger partial charge in [-0.2, -0.15) is 13.2 Å². The Morgan fingerprint density at radius 3 is 2.55 bits per heavy atom. The number of piperidine rings is 1. The van der Waals surface area contributed by atoms with E-state index in [-0.39, 0.29) is 11.5 Å². The molecule has 0 unspecified atom stereocenters. The third kappa shape index (κ3) is 6.13. The van der Waals surface area contributed by atoms with E-state index in [2.05, 4.69) is 26.9 Å². The molecule has 0 aliphatic carbocycles. The van der Waals surface area contributed by atoms with Gasteiger partial charge in [0.15, 0.2) is 0 Å². The van der Waals surface area contributed by atoms with E-state index >= 15 is 0 Å². The van der Waals surface area contributed by atoms with Crippen LogP contribution in [0, 0.1) is 5.92 Å². The summed E-state index contributed by atoms with van der Waals surface area (Å²) in [5.41, 5.74) is -0.0790. The molecule has 1 aliphatic rings. The number of imidazole rings is 1. The lowest BCUT2D eigenvalue weighted by Crippen LogP contribution is -2.30. The normalized spacial score (nSPS) is 15.6. The molecule has 2 aromatic heterocycles. The number of nitrogens with one attached hydrogen (secondary N) is 1. The van der Waals surface area contributed by atoms with Crippen molar-refractivity contribution in [2.45, 2.75) is 38.3 Å². The summed E-state index contributed by atoms with van der Waals surface area (Å²) >= 11 is 0. The fourth-order valence-corrected chi connectivity index (χ4v) is 4.22. The van der Waals surface area contributed by atoms with Crippen LogP contribution in [0.4, 0.5) is 13.2 Å². The van der Waals surface area contributed by atoms with Crippen LogP contribution in [0.15, 0.2) is 48.7 Å². The van der Waals surface area contributed by atoms with Gasteiger partial charge in [0.2, 0.25) is 5.88 Å². The van der Waals surface area contributed by atoms with Gasteiger partial charge >= 0.3 is 6.18 Å². The number of benzene rings is 1. The summed E-state index contributed by atoms with van der Waals surface area (Å²) in [5, 5.41) is 0. The monoisotopic (exact) mass is 458 g/mol. The number of rotatable bonds is 8. The van der Waals surface area contributed by atoms with Crippen LogP contribution in [0.5, 0.6) is 5.88 Å². The van der Waals surface area contributed by atoms with Crippen LogP contribution in [-0.2, 0) is 6.18 Å². The number of unbranched alkanes of at least 4 members (excludes halogenated alkanes) is 1. The maximum Gasteiger partial charge on any atom is 0.433 e. The van der Waals surface area contributed by atoms with E-state index in [9.17, 15) is 13.2 Å². The van der Waals surface area contributed by atoms with Gasteiger partial charge in [0.25, 0.3) is 0 Å². The van der Waals surface area contributed by atoms with E-state index in [1.54, 1.807) is 42.5 Å². The highest BCUT2D eigenvalue weighted by molar-refractivity contribution is 5.68. The zero-order valence-electron chi connectivity index (χ0n) is 18.7. The van der Waals surface area contributed by atoms with Crippen molar-refractivity contribution in [3.8, 4) is 28.5 Å². The first kappa shape index (κ1) is 23.3. The molecule has 3 aromatic rings. The number of hydrogen-bond acceptors (Lipinski definition) is 4. The van der Waals surface area contributed by atoms with Crippen molar-refractivity contribution in [1.82, 2.24) is 19.9 Å². The maximum absolute atomic E-state index is 13.6. The summed E-state index contributed by atoms with van der Waals surface area (Å²) in [6.07, 6.45) is 2.73. The van der Waals surface area contributed by atoms with Crippen molar-refractivity contribution in [2.75, 3.05) is 26.7 Å². The van der Waals surface area contributed by atoms with Gasteiger partial charge in [-0.1, -0.05) is 36.8 Å². The number of likely N-dealkylation sites (tertiary alicyclic amines) is 1. The number of pyridine rings is 1. The van der Waals surface area contributed by atoms with Crippen molar-refractivity contribution >= 4 is 0 Å². The summed E-state index contributed by atoms with van der Waals surface area (Å²) < 4.78 is 46.7. The van der Waals surface area contributed by atoms with Crippen molar-refractivity contribution in [3.63, 3.8) is 0 Å². The summed E-state index contributed by atoms with van der Waals surface area (Å²) in [5.74, 6) is 1.32. The second-order valence-corrected chi connectivity index (χ2v) is 8.65. The Morgan fingerprint density at radius 2 is 1.82 bits per heavy atom. The zero-order chi connectivity index (χ0) is 23.3. The van der Waals surface area contributed by atoms with Gasteiger partial charge in [-0.25, -0.2) is 9.97 Å². The Labute approximate surface area is 192 Å². The van der Waals surface area contributed by atoms with Gasteiger partial charge in [-0.15, -0.1) is 0 Å². The highest BCUT2D eigenvalue weighted by Gasteiger charge is 2.37. The first-order valence-electron chi connectivity index (χ1n) is 11.4. The van der Waals surface area contributed by atoms with Gasteiger partial charge in [-0.3, -0.25) is 0 Å². The van der Waals surface area contributed by atoms with E-state index in [0.29, 0.717) is 23.6 Å². The number of halogens is 3. The van der Waals surface area contributed by atoms with Gasteiger partial charge in [0.1, 0.15) is 17.2 Å². The molecular weight excluding hydrogens is 429 g/mol. The number of aromatic nitrogens is 3. The van der Waals surface area contributed by atoms with Gasteiger partial charge < -0.3 is 14.6 Å². The maximum atomic E-state index is 13.6.